The van der Waals surface area contributed by atoms with Crippen LogP contribution in [-0.4, -0.2) is 45.2 Å². The molecule has 0 aliphatic carbocycles. The van der Waals surface area contributed by atoms with Crippen molar-refractivity contribution < 1.29 is 19.3 Å². The number of amides is 1. The summed E-state index contributed by atoms with van der Waals surface area (Å²) in [4.78, 5) is 15.5. The Balaban J connectivity index is 1.50. The van der Waals surface area contributed by atoms with Crippen molar-refractivity contribution in [2.24, 2.45) is 0 Å². The quantitative estimate of drug-likeness (QED) is 0.679. The van der Waals surface area contributed by atoms with Crippen LogP contribution < -0.4 is 19.9 Å². The second kappa shape index (κ2) is 9.22. The Morgan fingerprint density at radius 3 is 2.59 bits per heavy atom. The third-order valence-corrected chi connectivity index (χ3v) is 5.52. The van der Waals surface area contributed by atoms with Crippen molar-refractivity contribution >= 4 is 23.2 Å². The monoisotopic (exact) mass is 389 g/mol. The standard InChI is InChI=1S/C21H26ClN3O2/c1-16(21(26)23-19-7-4-8-20(14-19)27-2)25-11-9-24(10-12-25)15-17-5-3-6-18(22)13-17/h3-8,13-14,16H,9-12,15H2,1-2H3,(H,23,26)/p+2/t16-/m1/s1. The molecule has 2 aromatic carbocycles. The van der Waals surface area contributed by atoms with Gasteiger partial charge in [-0.25, -0.2) is 0 Å². The Hall–Kier alpha value is -2.08. The van der Waals surface area contributed by atoms with Gasteiger partial charge in [0.15, 0.2) is 6.04 Å². The number of quaternary nitrogens is 2. The smallest absolute Gasteiger partial charge is 0.282 e. The summed E-state index contributed by atoms with van der Waals surface area (Å²) in [5.74, 6) is 0.794. The van der Waals surface area contributed by atoms with Crippen LogP contribution in [0.3, 0.4) is 0 Å². The van der Waals surface area contributed by atoms with Gasteiger partial charge in [-0.05, 0) is 31.2 Å². The van der Waals surface area contributed by atoms with Crippen LogP contribution in [0.2, 0.25) is 5.02 Å². The predicted octanol–water partition coefficient (Wildman–Crippen LogP) is 0.659. The second-order valence-electron chi connectivity index (χ2n) is 7.16. The van der Waals surface area contributed by atoms with Gasteiger partial charge in [-0.1, -0.05) is 29.8 Å². The molecule has 1 atom stereocenters. The zero-order chi connectivity index (χ0) is 19.2. The fraction of sp³-hybridized carbons (Fsp3) is 0.381. The van der Waals surface area contributed by atoms with Gasteiger partial charge in [0.05, 0.1) is 7.11 Å². The Kier molecular flexibility index (Phi) is 6.72. The Morgan fingerprint density at radius 2 is 1.89 bits per heavy atom. The molecule has 27 heavy (non-hydrogen) atoms. The number of rotatable bonds is 6. The van der Waals surface area contributed by atoms with E-state index in [2.05, 4.69) is 11.4 Å². The molecule has 144 valence electrons. The minimum absolute atomic E-state index is 0.0524. The SMILES string of the molecule is COc1cccc(NC(=O)[C@@H](C)[NH+]2CC[NH+](Cc3cccc(Cl)c3)CC2)c1. The summed E-state index contributed by atoms with van der Waals surface area (Å²) in [5.41, 5.74) is 2.04. The Bertz CT molecular complexity index is 776. The molecule has 1 heterocycles. The minimum Gasteiger partial charge on any atom is -0.497 e. The first-order valence-electron chi connectivity index (χ1n) is 9.42. The van der Waals surface area contributed by atoms with Crippen molar-refractivity contribution in [2.75, 3.05) is 38.6 Å². The fourth-order valence-corrected chi connectivity index (χ4v) is 3.82. The number of methoxy groups -OCH3 is 1. The summed E-state index contributed by atoms with van der Waals surface area (Å²) in [5, 5.41) is 3.80. The first-order chi connectivity index (χ1) is 13.0. The van der Waals surface area contributed by atoms with Crippen LogP contribution >= 0.6 is 11.6 Å². The second-order valence-corrected chi connectivity index (χ2v) is 7.59. The van der Waals surface area contributed by atoms with Crippen LogP contribution in [0.1, 0.15) is 12.5 Å². The molecule has 1 fully saturated rings. The molecule has 5 nitrogen and oxygen atoms in total. The lowest BCUT2D eigenvalue weighted by molar-refractivity contribution is -1.02. The molecule has 0 bridgehead atoms. The number of piperazine rings is 1. The third-order valence-electron chi connectivity index (χ3n) is 5.29. The highest BCUT2D eigenvalue weighted by Gasteiger charge is 2.31. The van der Waals surface area contributed by atoms with Crippen molar-refractivity contribution in [3.05, 3.63) is 59.1 Å². The van der Waals surface area contributed by atoms with E-state index in [9.17, 15) is 4.79 Å². The number of hydrogen-bond acceptors (Lipinski definition) is 2. The molecule has 1 amide bonds. The van der Waals surface area contributed by atoms with E-state index in [0.717, 1.165) is 49.2 Å². The molecule has 2 aromatic rings. The normalized spacial score (nSPS) is 20.7. The molecule has 0 aromatic heterocycles. The number of halogens is 1. The van der Waals surface area contributed by atoms with E-state index in [1.165, 1.54) is 10.5 Å². The molecular formula is C21H28ClN3O2+2. The molecule has 0 unspecified atom stereocenters. The first-order valence-corrected chi connectivity index (χ1v) is 9.80. The van der Waals surface area contributed by atoms with Gasteiger partial charge in [-0.15, -0.1) is 0 Å². The zero-order valence-electron chi connectivity index (χ0n) is 15.9. The van der Waals surface area contributed by atoms with Gasteiger partial charge in [0, 0.05) is 22.3 Å². The third kappa shape index (κ3) is 5.45. The zero-order valence-corrected chi connectivity index (χ0v) is 16.7. The maximum absolute atomic E-state index is 12.6. The van der Waals surface area contributed by atoms with E-state index >= 15 is 0 Å². The number of nitrogens with one attached hydrogen (secondary N) is 3. The van der Waals surface area contributed by atoms with E-state index in [1.807, 2.05) is 49.4 Å². The predicted molar refractivity (Wildman–Crippen MR) is 108 cm³/mol. The number of anilines is 1. The average molecular weight is 390 g/mol. The molecule has 1 aliphatic rings. The van der Waals surface area contributed by atoms with Crippen LogP contribution in [0.4, 0.5) is 5.69 Å². The van der Waals surface area contributed by atoms with Crippen molar-refractivity contribution in [1.29, 1.82) is 0 Å². The molecule has 3 rings (SSSR count). The van der Waals surface area contributed by atoms with Crippen LogP contribution in [0.25, 0.3) is 0 Å². The maximum Gasteiger partial charge on any atom is 0.282 e. The number of carbonyl (C=O) groups excluding carboxylic acids is 1. The number of hydrogen-bond donors (Lipinski definition) is 3. The number of benzene rings is 2. The van der Waals surface area contributed by atoms with E-state index in [4.69, 9.17) is 16.3 Å². The van der Waals surface area contributed by atoms with Crippen molar-refractivity contribution in [2.45, 2.75) is 19.5 Å². The lowest BCUT2D eigenvalue weighted by Crippen LogP contribution is -3.29. The highest BCUT2D eigenvalue weighted by Crippen LogP contribution is 2.16. The molecule has 0 spiro atoms. The van der Waals surface area contributed by atoms with Crippen molar-refractivity contribution in [3.63, 3.8) is 0 Å². The number of ether oxygens (including phenoxy) is 1. The summed E-state index contributed by atoms with van der Waals surface area (Å²) in [7, 11) is 1.62. The summed E-state index contributed by atoms with van der Waals surface area (Å²) in [6, 6.07) is 15.5. The fourth-order valence-electron chi connectivity index (χ4n) is 3.61. The van der Waals surface area contributed by atoms with Crippen LogP contribution in [0.5, 0.6) is 5.75 Å². The molecule has 1 aliphatic heterocycles. The summed E-state index contributed by atoms with van der Waals surface area (Å²) in [6.45, 7) is 7.08. The van der Waals surface area contributed by atoms with Crippen LogP contribution in [-0.2, 0) is 11.3 Å². The first kappa shape index (κ1) is 19.7. The van der Waals surface area contributed by atoms with Gasteiger partial charge in [0.1, 0.15) is 38.5 Å². The molecular weight excluding hydrogens is 362 g/mol. The molecule has 0 saturated carbocycles. The Labute approximate surface area is 165 Å². The van der Waals surface area contributed by atoms with Gasteiger partial charge in [-0.3, -0.25) is 4.79 Å². The van der Waals surface area contributed by atoms with E-state index < -0.39 is 0 Å². The summed E-state index contributed by atoms with van der Waals surface area (Å²) >= 11 is 6.08. The van der Waals surface area contributed by atoms with Crippen LogP contribution in [0.15, 0.2) is 48.5 Å². The highest BCUT2D eigenvalue weighted by molar-refractivity contribution is 6.30. The van der Waals surface area contributed by atoms with Gasteiger partial charge in [-0.2, -0.15) is 0 Å². The lowest BCUT2D eigenvalue weighted by Gasteiger charge is -2.32. The summed E-state index contributed by atoms with van der Waals surface area (Å²) in [6.07, 6.45) is 0. The highest BCUT2D eigenvalue weighted by atomic mass is 35.5. The summed E-state index contributed by atoms with van der Waals surface area (Å²) < 4.78 is 5.21. The van der Waals surface area contributed by atoms with Gasteiger partial charge < -0.3 is 19.9 Å². The largest absolute Gasteiger partial charge is 0.497 e. The van der Waals surface area contributed by atoms with Gasteiger partial charge in [0.2, 0.25) is 0 Å². The van der Waals surface area contributed by atoms with Crippen molar-refractivity contribution in [1.82, 2.24) is 0 Å². The van der Waals surface area contributed by atoms with E-state index in [-0.39, 0.29) is 11.9 Å². The van der Waals surface area contributed by atoms with E-state index in [0.29, 0.717) is 0 Å². The van der Waals surface area contributed by atoms with Gasteiger partial charge >= 0.3 is 0 Å². The minimum atomic E-state index is -0.0797. The molecule has 0 radical (unpaired) electrons. The molecule has 6 heteroatoms. The topological polar surface area (TPSA) is 47.2 Å². The van der Waals surface area contributed by atoms with Gasteiger partial charge in [0.25, 0.3) is 5.91 Å². The average Bonchev–Trinajstić information content (AvgIpc) is 2.68. The molecule has 3 N–H and O–H groups in total. The van der Waals surface area contributed by atoms with Crippen LogP contribution in [0, 0.1) is 0 Å². The number of carbonyl (C=O) groups is 1. The van der Waals surface area contributed by atoms with E-state index in [1.54, 1.807) is 12.0 Å². The maximum atomic E-state index is 12.6. The molecule has 1 saturated heterocycles. The van der Waals surface area contributed by atoms with Crippen molar-refractivity contribution in [3.8, 4) is 5.75 Å². The Morgan fingerprint density at radius 1 is 1.15 bits per heavy atom. The lowest BCUT2D eigenvalue weighted by atomic mass is 10.1.